The van der Waals surface area contributed by atoms with Crippen LogP contribution in [0.5, 0.6) is 0 Å². The average molecular weight is 512 g/mol. The number of amides is 2. The van der Waals surface area contributed by atoms with Crippen molar-refractivity contribution in [1.82, 2.24) is 9.47 Å². The first-order valence-corrected chi connectivity index (χ1v) is 12.3. The maximum atomic E-state index is 13.3. The van der Waals surface area contributed by atoms with E-state index in [1.807, 2.05) is 47.4 Å². The molecule has 2 amide bonds. The molecular weight excluding hydrogens is 486 g/mol. The highest BCUT2D eigenvalue weighted by atomic mass is 79.9. The zero-order valence-electron chi connectivity index (χ0n) is 19.0. The molecule has 4 aromatic carbocycles. The Balaban J connectivity index is 1.48. The molecule has 0 bridgehead atoms. The van der Waals surface area contributed by atoms with Crippen LogP contribution in [-0.2, 0) is 19.6 Å². The minimum absolute atomic E-state index is 0.123. The number of benzene rings is 4. The van der Waals surface area contributed by atoms with Crippen molar-refractivity contribution in [1.29, 1.82) is 0 Å². The van der Waals surface area contributed by atoms with Gasteiger partial charge in [0.1, 0.15) is 0 Å². The summed E-state index contributed by atoms with van der Waals surface area (Å²) in [7, 11) is 0. The first-order valence-electron chi connectivity index (χ1n) is 11.5. The van der Waals surface area contributed by atoms with Crippen molar-refractivity contribution in [2.45, 2.75) is 26.6 Å². The molecule has 5 heteroatoms. The summed E-state index contributed by atoms with van der Waals surface area (Å²) in [5.74, 6) is 0. The van der Waals surface area contributed by atoms with E-state index in [0.717, 1.165) is 27.8 Å². The van der Waals surface area contributed by atoms with E-state index in [4.69, 9.17) is 0 Å². The third kappa shape index (κ3) is 4.57. The molecular formula is C29H26BrN3O. The van der Waals surface area contributed by atoms with Gasteiger partial charge >= 0.3 is 6.03 Å². The fourth-order valence-electron chi connectivity index (χ4n) is 4.50. The van der Waals surface area contributed by atoms with Crippen molar-refractivity contribution in [3.63, 3.8) is 0 Å². The molecule has 0 saturated heterocycles. The standard InChI is InChI=1S/C29H26BrN3O/c1-2-33-27-11-7-6-10-25(27)26-18-22(12-17-28(26)33)20-32(19-21-8-4-3-5-9-21)29(34)31-24-15-13-23(30)14-16-24/h3-18H,2,19-20H2,1H3,(H,31,34). The Labute approximate surface area is 207 Å². The van der Waals surface area contributed by atoms with Crippen LogP contribution >= 0.6 is 15.9 Å². The summed E-state index contributed by atoms with van der Waals surface area (Å²) in [6.45, 7) is 4.13. The topological polar surface area (TPSA) is 37.3 Å². The van der Waals surface area contributed by atoms with Crippen LogP contribution in [-0.4, -0.2) is 15.5 Å². The fraction of sp³-hybridized carbons (Fsp3) is 0.138. The summed E-state index contributed by atoms with van der Waals surface area (Å²) in [6.07, 6.45) is 0. The Hall–Kier alpha value is -3.57. The van der Waals surface area contributed by atoms with Crippen molar-refractivity contribution in [2.75, 3.05) is 5.32 Å². The van der Waals surface area contributed by atoms with Gasteiger partial charge in [-0.05, 0) is 60.5 Å². The maximum absolute atomic E-state index is 13.3. The van der Waals surface area contributed by atoms with Crippen molar-refractivity contribution in [3.8, 4) is 0 Å². The number of carbonyl (C=O) groups is 1. The number of hydrogen-bond acceptors (Lipinski definition) is 1. The lowest BCUT2D eigenvalue weighted by atomic mass is 10.1. The number of hydrogen-bond donors (Lipinski definition) is 1. The smallest absolute Gasteiger partial charge is 0.322 e. The van der Waals surface area contributed by atoms with Gasteiger partial charge in [-0.25, -0.2) is 4.79 Å². The Morgan fingerprint density at radius 2 is 1.47 bits per heavy atom. The molecule has 0 spiro atoms. The quantitative estimate of drug-likeness (QED) is 0.248. The van der Waals surface area contributed by atoms with Crippen LogP contribution < -0.4 is 5.32 Å². The maximum Gasteiger partial charge on any atom is 0.322 e. The molecule has 1 N–H and O–H groups in total. The van der Waals surface area contributed by atoms with E-state index in [-0.39, 0.29) is 6.03 Å². The van der Waals surface area contributed by atoms with E-state index < -0.39 is 0 Å². The Morgan fingerprint density at radius 3 is 2.24 bits per heavy atom. The molecule has 34 heavy (non-hydrogen) atoms. The number of halogens is 1. The lowest BCUT2D eigenvalue weighted by Crippen LogP contribution is -2.34. The highest BCUT2D eigenvalue weighted by molar-refractivity contribution is 9.10. The van der Waals surface area contributed by atoms with Gasteiger partial charge in [0.2, 0.25) is 0 Å². The van der Waals surface area contributed by atoms with Gasteiger partial charge in [-0.3, -0.25) is 0 Å². The average Bonchev–Trinajstić information content (AvgIpc) is 3.18. The molecule has 5 aromatic rings. The molecule has 170 valence electrons. The predicted octanol–water partition coefficient (Wildman–Crippen LogP) is 7.81. The van der Waals surface area contributed by atoms with E-state index in [9.17, 15) is 4.79 Å². The van der Waals surface area contributed by atoms with E-state index >= 15 is 0 Å². The molecule has 0 atom stereocenters. The number of para-hydroxylation sites is 1. The molecule has 0 radical (unpaired) electrons. The van der Waals surface area contributed by atoms with Crippen molar-refractivity contribution < 1.29 is 4.79 Å². The zero-order valence-corrected chi connectivity index (χ0v) is 20.6. The lowest BCUT2D eigenvalue weighted by Gasteiger charge is -2.24. The highest BCUT2D eigenvalue weighted by Crippen LogP contribution is 2.30. The van der Waals surface area contributed by atoms with Gasteiger partial charge in [0, 0.05) is 51.6 Å². The second-order valence-corrected chi connectivity index (χ2v) is 9.31. The third-order valence-corrected chi connectivity index (χ3v) is 6.65. The van der Waals surface area contributed by atoms with Crippen LogP contribution in [0.4, 0.5) is 10.5 Å². The van der Waals surface area contributed by atoms with E-state index in [2.05, 4.69) is 87.3 Å². The summed E-state index contributed by atoms with van der Waals surface area (Å²) >= 11 is 3.45. The van der Waals surface area contributed by atoms with Crippen LogP contribution in [0.3, 0.4) is 0 Å². The molecule has 1 aromatic heterocycles. The van der Waals surface area contributed by atoms with Gasteiger partial charge in [-0.2, -0.15) is 0 Å². The number of nitrogens with one attached hydrogen (secondary N) is 1. The van der Waals surface area contributed by atoms with Gasteiger partial charge in [0.15, 0.2) is 0 Å². The molecule has 0 aliphatic rings. The normalized spacial score (nSPS) is 11.1. The van der Waals surface area contributed by atoms with Crippen LogP contribution in [0.2, 0.25) is 0 Å². The lowest BCUT2D eigenvalue weighted by molar-refractivity contribution is 0.206. The molecule has 1 heterocycles. The molecule has 0 unspecified atom stereocenters. The van der Waals surface area contributed by atoms with Crippen molar-refractivity contribution in [2.24, 2.45) is 0 Å². The van der Waals surface area contributed by atoms with Crippen molar-refractivity contribution >= 4 is 49.5 Å². The number of rotatable bonds is 6. The van der Waals surface area contributed by atoms with Gasteiger partial charge in [0.05, 0.1) is 0 Å². The molecule has 0 saturated carbocycles. The fourth-order valence-corrected chi connectivity index (χ4v) is 4.76. The molecule has 4 nitrogen and oxygen atoms in total. The molecule has 0 aliphatic heterocycles. The first kappa shape index (κ1) is 22.2. The number of carbonyl (C=O) groups excluding carboxylic acids is 1. The number of aryl methyl sites for hydroxylation is 1. The largest absolute Gasteiger partial charge is 0.341 e. The number of aromatic nitrogens is 1. The second-order valence-electron chi connectivity index (χ2n) is 8.39. The minimum Gasteiger partial charge on any atom is -0.341 e. The SMILES string of the molecule is CCn1c2ccccc2c2cc(CN(Cc3ccccc3)C(=O)Nc3ccc(Br)cc3)ccc21. The Morgan fingerprint density at radius 1 is 0.794 bits per heavy atom. The zero-order chi connectivity index (χ0) is 23.5. The van der Waals surface area contributed by atoms with Gasteiger partial charge in [-0.15, -0.1) is 0 Å². The predicted molar refractivity (Wildman–Crippen MR) is 144 cm³/mol. The van der Waals surface area contributed by atoms with Crippen molar-refractivity contribution in [3.05, 3.63) is 113 Å². The Kier molecular flexibility index (Phi) is 6.37. The van der Waals surface area contributed by atoms with Crippen LogP contribution in [0.1, 0.15) is 18.1 Å². The number of anilines is 1. The molecule has 5 rings (SSSR count). The third-order valence-electron chi connectivity index (χ3n) is 6.13. The molecule has 0 fully saturated rings. The van der Waals surface area contributed by atoms with Gasteiger partial charge < -0.3 is 14.8 Å². The molecule has 0 aliphatic carbocycles. The van der Waals surface area contributed by atoms with E-state index in [1.54, 1.807) is 0 Å². The van der Waals surface area contributed by atoms with Crippen LogP contribution in [0.25, 0.3) is 21.8 Å². The minimum atomic E-state index is -0.123. The second kappa shape index (κ2) is 9.74. The summed E-state index contributed by atoms with van der Waals surface area (Å²) in [5.41, 5.74) is 5.44. The summed E-state index contributed by atoms with van der Waals surface area (Å²) in [4.78, 5) is 15.2. The van der Waals surface area contributed by atoms with Crippen LogP contribution in [0, 0.1) is 0 Å². The monoisotopic (exact) mass is 511 g/mol. The van der Waals surface area contributed by atoms with Crippen LogP contribution in [0.15, 0.2) is 102 Å². The number of fused-ring (bicyclic) bond motifs is 3. The highest BCUT2D eigenvalue weighted by Gasteiger charge is 2.17. The summed E-state index contributed by atoms with van der Waals surface area (Å²) < 4.78 is 3.32. The summed E-state index contributed by atoms with van der Waals surface area (Å²) in [6, 6.07) is 32.7. The summed E-state index contributed by atoms with van der Waals surface area (Å²) in [5, 5.41) is 5.52. The number of urea groups is 1. The van der Waals surface area contributed by atoms with E-state index in [0.29, 0.717) is 13.1 Å². The van der Waals surface area contributed by atoms with Gasteiger partial charge in [-0.1, -0.05) is 70.5 Å². The number of nitrogens with zero attached hydrogens (tertiary/aromatic N) is 2. The first-order chi connectivity index (χ1) is 16.6. The van der Waals surface area contributed by atoms with E-state index in [1.165, 1.54) is 21.8 Å². The van der Waals surface area contributed by atoms with Gasteiger partial charge in [0.25, 0.3) is 0 Å². The Bertz CT molecular complexity index is 1440.